The lowest BCUT2D eigenvalue weighted by Crippen LogP contribution is -2.47. The van der Waals surface area contributed by atoms with E-state index in [4.69, 9.17) is 9.84 Å². The smallest absolute Gasteiger partial charge is 0.410 e. The molecule has 7 heteroatoms. The molecule has 0 atom stereocenters. The van der Waals surface area contributed by atoms with E-state index in [-0.39, 0.29) is 19.1 Å². The first kappa shape index (κ1) is 21.2. The van der Waals surface area contributed by atoms with Crippen LogP contribution in [0.4, 0.5) is 10.5 Å². The van der Waals surface area contributed by atoms with Crippen molar-refractivity contribution in [1.29, 1.82) is 0 Å². The number of carbonyl (C=O) groups is 2. The van der Waals surface area contributed by atoms with Crippen molar-refractivity contribution in [3.05, 3.63) is 65.2 Å². The molecular formula is C24H29N3O4. The summed E-state index contributed by atoms with van der Waals surface area (Å²) >= 11 is 0. The molecule has 2 aromatic carbocycles. The average Bonchev–Trinajstić information content (AvgIpc) is 2.81. The van der Waals surface area contributed by atoms with E-state index in [0.717, 1.165) is 43.9 Å². The highest BCUT2D eigenvalue weighted by Gasteiger charge is 2.24. The van der Waals surface area contributed by atoms with Gasteiger partial charge < -0.3 is 19.6 Å². The van der Waals surface area contributed by atoms with E-state index in [9.17, 15) is 9.59 Å². The minimum absolute atomic E-state index is 0.190. The van der Waals surface area contributed by atoms with Gasteiger partial charge in [0.05, 0.1) is 6.42 Å². The fraction of sp³-hybridized carbons (Fsp3) is 0.417. The molecule has 1 fully saturated rings. The highest BCUT2D eigenvalue weighted by molar-refractivity contribution is 5.68. The predicted molar refractivity (Wildman–Crippen MR) is 118 cm³/mol. The van der Waals surface area contributed by atoms with Crippen LogP contribution < -0.4 is 4.90 Å². The first-order chi connectivity index (χ1) is 15.1. The zero-order valence-electron chi connectivity index (χ0n) is 17.7. The number of anilines is 1. The summed E-state index contributed by atoms with van der Waals surface area (Å²) in [5.41, 5.74) is 4.61. The van der Waals surface area contributed by atoms with E-state index >= 15 is 0 Å². The van der Waals surface area contributed by atoms with Gasteiger partial charge in [0.2, 0.25) is 0 Å². The Bertz CT molecular complexity index is 910. The number of carboxylic acids is 1. The summed E-state index contributed by atoms with van der Waals surface area (Å²) in [4.78, 5) is 29.7. The number of rotatable bonds is 6. The van der Waals surface area contributed by atoms with Crippen molar-refractivity contribution in [3.8, 4) is 0 Å². The van der Waals surface area contributed by atoms with Gasteiger partial charge in [0.25, 0.3) is 0 Å². The van der Waals surface area contributed by atoms with E-state index < -0.39 is 5.97 Å². The van der Waals surface area contributed by atoms with Crippen LogP contribution in [0.5, 0.6) is 0 Å². The van der Waals surface area contributed by atoms with Gasteiger partial charge in [-0.25, -0.2) is 4.79 Å². The molecule has 0 aromatic heterocycles. The van der Waals surface area contributed by atoms with Gasteiger partial charge in [-0.05, 0) is 35.2 Å². The molecular weight excluding hydrogens is 394 g/mol. The van der Waals surface area contributed by atoms with Crippen molar-refractivity contribution in [1.82, 2.24) is 9.80 Å². The lowest BCUT2D eigenvalue weighted by molar-refractivity contribution is -0.137. The van der Waals surface area contributed by atoms with Crippen LogP contribution in [0.25, 0.3) is 0 Å². The summed E-state index contributed by atoms with van der Waals surface area (Å²) in [6.07, 6.45) is 0.751. The lowest BCUT2D eigenvalue weighted by atomic mass is 9.99. The van der Waals surface area contributed by atoms with Gasteiger partial charge in [0.1, 0.15) is 6.61 Å². The SMILES string of the molecule is O=C(O)CCN1CCN(c2ccc3c(c2)CN(C(=O)OCc2ccccc2)CC3)CC1. The molecule has 2 aromatic rings. The molecule has 1 amide bonds. The molecule has 2 aliphatic rings. The second kappa shape index (κ2) is 9.83. The van der Waals surface area contributed by atoms with Gasteiger partial charge in [-0.1, -0.05) is 36.4 Å². The third-order valence-electron chi connectivity index (χ3n) is 6.04. The third-order valence-corrected chi connectivity index (χ3v) is 6.04. The van der Waals surface area contributed by atoms with E-state index in [1.807, 2.05) is 30.3 Å². The average molecular weight is 424 g/mol. The van der Waals surface area contributed by atoms with E-state index in [0.29, 0.717) is 19.6 Å². The molecule has 0 saturated carbocycles. The molecule has 1 saturated heterocycles. The number of ether oxygens (including phenoxy) is 1. The quantitative estimate of drug-likeness (QED) is 0.770. The van der Waals surface area contributed by atoms with E-state index in [2.05, 4.69) is 28.0 Å². The molecule has 4 rings (SSSR count). The van der Waals surface area contributed by atoms with Gasteiger partial charge in [-0.2, -0.15) is 0 Å². The standard InChI is InChI=1S/C24H29N3O4/c28-23(29)9-10-25-12-14-26(15-13-25)22-7-6-20-8-11-27(17-21(20)16-22)24(30)31-18-19-4-2-1-3-5-19/h1-7,16H,8-15,17-18H2,(H,28,29). The Hall–Kier alpha value is -3.06. The Morgan fingerprint density at radius 2 is 1.71 bits per heavy atom. The van der Waals surface area contributed by atoms with Crippen molar-refractivity contribution in [2.75, 3.05) is 44.2 Å². The number of hydrogen-bond acceptors (Lipinski definition) is 5. The van der Waals surface area contributed by atoms with Crippen LogP contribution in [0.15, 0.2) is 48.5 Å². The van der Waals surface area contributed by atoms with Gasteiger partial charge in [0, 0.05) is 51.5 Å². The van der Waals surface area contributed by atoms with Crippen LogP contribution in [0.3, 0.4) is 0 Å². The number of hydrogen-bond donors (Lipinski definition) is 1. The van der Waals surface area contributed by atoms with Gasteiger partial charge in [0.15, 0.2) is 0 Å². The van der Waals surface area contributed by atoms with Gasteiger partial charge in [-0.3, -0.25) is 9.69 Å². The molecule has 2 heterocycles. The Morgan fingerprint density at radius 3 is 2.45 bits per heavy atom. The minimum Gasteiger partial charge on any atom is -0.481 e. The molecule has 0 bridgehead atoms. The number of nitrogens with zero attached hydrogens (tertiary/aromatic N) is 3. The minimum atomic E-state index is -0.746. The Kier molecular flexibility index (Phi) is 6.72. The monoisotopic (exact) mass is 423 g/mol. The zero-order chi connectivity index (χ0) is 21.6. The Morgan fingerprint density at radius 1 is 0.935 bits per heavy atom. The van der Waals surface area contributed by atoms with E-state index in [1.54, 1.807) is 4.90 Å². The number of benzene rings is 2. The van der Waals surface area contributed by atoms with Crippen molar-refractivity contribution in [2.24, 2.45) is 0 Å². The Balaban J connectivity index is 1.32. The van der Waals surface area contributed by atoms with Crippen LogP contribution >= 0.6 is 0 Å². The van der Waals surface area contributed by atoms with Crippen LogP contribution in [-0.4, -0.2) is 66.2 Å². The molecule has 2 aliphatic heterocycles. The number of aliphatic carboxylic acids is 1. The van der Waals surface area contributed by atoms with Gasteiger partial charge >= 0.3 is 12.1 Å². The maximum absolute atomic E-state index is 12.6. The topological polar surface area (TPSA) is 73.3 Å². The van der Waals surface area contributed by atoms with Crippen molar-refractivity contribution >= 4 is 17.7 Å². The first-order valence-corrected chi connectivity index (χ1v) is 10.8. The molecule has 7 nitrogen and oxygen atoms in total. The maximum atomic E-state index is 12.6. The molecule has 0 unspecified atom stereocenters. The number of carbonyl (C=O) groups excluding carboxylic acids is 1. The first-order valence-electron chi connectivity index (χ1n) is 10.8. The van der Waals surface area contributed by atoms with Crippen LogP contribution in [0.1, 0.15) is 23.1 Å². The molecule has 0 spiro atoms. The molecule has 164 valence electrons. The number of amides is 1. The summed E-state index contributed by atoms with van der Waals surface area (Å²) in [5, 5.41) is 8.86. The second-order valence-corrected chi connectivity index (χ2v) is 8.14. The summed E-state index contributed by atoms with van der Waals surface area (Å²) in [5.74, 6) is -0.746. The van der Waals surface area contributed by atoms with Crippen molar-refractivity contribution < 1.29 is 19.4 Å². The van der Waals surface area contributed by atoms with Crippen LogP contribution in [0, 0.1) is 0 Å². The van der Waals surface area contributed by atoms with Crippen molar-refractivity contribution in [3.63, 3.8) is 0 Å². The predicted octanol–water partition coefficient (Wildman–Crippen LogP) is 2.98. The molecule has 1 N–H and O–H groups in total. The molecule has 0 aliphatic carbocycles. The van der Waals surface area contributed by atoms with Gasteiger partial charge in [-0.15, -0.1) is 0 Å². The largest absolute Gasteiger partial charge is 0.481 e. The van der Waals surface area contributed by atoms with Crippen LogP contribution in [-0.2, 0) is 29.1 Å². The highest BCUT2D eigenvalue weighted by Crippen LogP contribution is 2.26. The lowest BCUT2D eigenvalue weighted by Gasteiger charge is -2.36. The Labute approximate surface area is 182 Å². The summed E-state index contributed by atoms with van der Waals surface area (Å²) < 4.78 is 5.51. The molecule has 0 radical (unpaired) electrons. The third kappa shape index (κ3) is 5.55. The summed E-state index contributed by atoms with van der Waals surface area (Å²) in [6.45, 7) is 5.60. The number of fused-ring (bicyclic) bond motifs is 1. The fourth-order valence-corrected chi connectivity index (χ4v) is 4.19. The van der Waals surface area contributed by atoms with E-state index in [1.165, 1.54) is 11.1 Å². The summed E-state index contributed by atoms with van der Waals surface area (Å²) in [7, 11) is 0. The highest BCUT2D eigenvalue weighted by atomic mass is 16.6. The maximum Gasteiger partial charge on any atom is 0.410 e. The zero-order valence-corrected chi connectivity index (χ0v) is 17.7. The normalized spacial score (nSPS) is 16.6. The molecule has 31 heavy (non-hydrogen) atoms. The van der Waals surface area contributed by atoms with Crippen LogP contribution in [0.2, 0.25) is 0 Å². The van der Waals surface area contributed by atoms with Crippen molar-refractivity contribution in [2.45, 2.75) is 26.0 Å². The number of carboxylic acid groups (broad SMARTS) is 1. The number of piperazine rings is 1. The second-order valence-electron chi connectivity index (χ2n) is 8.14. The fourth-order valence-electron chi connectivity index (χ4n) is 4.19. The summed E-state index contributed by atoms with van der Waals surface area (Å²) in [6, 6.07) is 16.3.